The van der Waals surface area contributed by atoms with Gasteiger partial charge in [0.25, 0.3) is 11.8 Å². The van der Waals surface area contributed by atoms with Gasteiger partial charge in [-0.05, 0) is 56.7 Å². The summed E-state index contributed by atoms with van der Waals surface area (Å²) < 4.78 is 5.78. The van der Waals surface area contributed by atoms with Crippen molar-refractivity contribution in [3.05, 3.63) is 77.0 Å². The number of unbranched alkanes of at least 4 members (excludes halogenated alkanes) is 5. The first-order chi connectivity index (χ1) is 16.9. The highest BCUT2D eigenvalue weighted by Crippen LogP contribution is 2.16. The van der Waals surface area contributed by atoms with Gasteiger partial charge in [0.15, 0.2) is 0 Å². The van der Waals surface area contributed by atoms with Crippen molar-refractivity contribution >= 4 is 23.6 Å². The van der Waals surface area contributed by atoms with Crippen LogP contribution in [0.25, 0.3) is 0 Å². The fraction of sp³-hybridized carbons (Fsp3) is 0.357. The number of amides is 2. The molecule has 1 aromatic heterocycles. The second-order valence-corrected chi connectivity index (χ2v) is 8.63. The van der Waals surface area contributed by atoms with E-state index in [9.17, 15) is 9.59 Å². The summed E-state index contributed by atoms with van der Waals surface area (Å²) in [7, 11) is 0. The van der Waals surface area contributed by atoms with Gasteiger partial charge in [0, 0.05) is 22.9 Å². The number of aryl methyl sites for hydroxylation is 2. The zero-order valence-electron chi connectivity index (χ0n) is 20.8. The van der Waals surface area contributed by atoms with Gasteiger partial charge in [0.05, 0.1) is 6.61 Å². The second-order valence-electron chi connectivity index (χ2n) is 8.63. The molecule has 2 N–H and O–H groups in total. The van der Waals surface area contributed by atoms with Gasteiger partial charge in [-0.3, -0.25) is 14.9 Å². The van der Waals surface area contributed by atoms with Crippen molar-refractivity contribution in [2.45, 2.75) is 59.3 Å². The van der Waals surface area contributed by atoms with Crippen LogP contribution in [-0.2, 0) is 0 Å². The van der Waals surface area contributed by atoms with Gasteiger partial charge in [-0.15, -0.1) is 0 Å². The van der Waals surface area contributed by atoms with Gasteiger partial charge >= 0.3 is 0 Å². The lowest BCUT2D eigenvalue weighted by Crippen LogP contribution is -2.17. The Bertz CT molecular complexity index is 1110. The maximum Gasteiger partial charge on any atom is 0.258 e. The molecule has 0 fully saturated rings. The number of benzene rings is 2. The predicted octanol–water partition coefficient (Wildman–Crippen LogP) is 6.34. The molecule has 0 aliphatic rings. The first-order valence-corrected chi connectivity index (χ1v) is 12.2. The van der Waals surface area contributed by atoms with Gasteiger partial charge in [0.1, 0.15) is 11.6 Å². The summed E-state index contributed by atoms with van der Waals surface area (Å²) in [5.41, 5.74) is 2.68. The monoisotopic (exact) mass is 474 g/mol. The zero-order chi connectivity index (χ0) is 25.0. The quantitative estimate of drug-likeness (QED) is 0.299. The van der Waals surface area contributed by atoms with E-state index in [2.05, 4.69) is 27.5 Å². The van der Waals surface area contributed by atoms with Crippen LogP contribution in [0, 0.1) is 13.8 Å². The molecule has 0 radical (unpaired) electrons. The second kappa shape index (κ2) is 13.2. The summed E-state index contributed by atoms with van der Waals surface area (Å²) in [6, 6.07) is 15.9. The molecule has 0 unspecified atom stereocenters. The molecule has 0 spiro atoms. The summed E-state index contributed by atoms with van der Waals surface area (Å²) in [6.07, 6.45) is 7.27. The molecule has 0 saturated heterocycles. The number of hydrogen-bond acceptors (Lipinski definition) is 5. The maximum atomic E-state index is 12.7. The number of carbonyl (C=O) groups is 2. The van der Waals surface area contributed by atoms with E-state index in [1.807, 2.05) is 19.1 Å². The van der Waals surface area contributed by atoms with Crippen LogP contribution in [0.3, 0.4) is 0 Å². The smallest absolute Gasteiger partial charge is 0.258 e. The van der Waals surface area contributed by atoms with E-state index in [-0.39, 0.29) is 17.8 Å². The molecule has 0 aliphatic heterocycles. The molecule has 7 nitrogen and oxygen atoms in total. The van der Waals surface area contributed by atoms with E-state index in [1.165, 1.54) is 32.1 Å². The Morgan fingerprint density at radius 2 is 1.37 bits per heavy atom. The first-order valence-electron chi connectivity index (χ1n) is 12.2. The summed E-state index contributed by atoms with van der Waals surface area (Å²) in [5.74, 6) is 0.559. The van der Waals surface area contributed by atoms with Gasteiger partial charge < -0.3 is 10.1 Å². The van der Waals surface area contributed by atoms with E-state index < -0.39 is 0 Å². The molecule has 0 bridgehead atoms. The number of rotatable bonds is 12. The Morgan fingerprint density at radius 1 is 0.771 bits per heavy atom. The SMILES string of the molecule is CCCCCCCCOc1ccc(C(=O)Nc2nc(C)cc(NC(=O)c3ccc(C)cc3)n2)cc1. The first kappa shape index (κ1) is 25.9. The molecular weight excluding hydrogens is 440 g/mol. The minimum absolute atomic E-state index is 0.123. The van der Waals surface area contributed by atoms with Crippen molar-refractivity contribution in [2.24, 2.45) is 0 Å². The maximum absolute atomic E-state index is 12.7. The molecule has 3 aromatic rings. The molecule has 35 heavy (non-hydrogen) atoms. The minimum Gasteiger partial charge on any atom is -0.494 e. The molecule has 0 saturated carbocycles. The third kappa shape index (κ3) is 8.52. The van der Waals surface area contributed by atoms with Crippen LogP contribution in [-0.4, -0.2) is 28.4 Å². The zero-order valence-corrected chi connectivity index (χ0v) is 20.8. The Balaban J connectivity index is 1.53. The number of ether oxygens (including phenoxy) is 1. The molecular formula is C28H34N4O3. The van der Waals surface area contributed by atoms with Gasteiger partial charge in [-0.1, -0.05) is 56.7 Å². The van der Waals surface area contributed by atoms with E-state index in [1.54, 1.807) is 49.4 Å². The average molecular weight is 475 g/mol. The number of anilines is 2. The molecule has 0 atom stereocenters. The molecule has 184 valence electrons. The summed E-state index contributed by atoms with van der Waals surface area (Å²) in [5, 5.41) is 5.46. The number of nitrogens with zero attached hydrogens (tertiary/aromatic N) is 2. The van der Waals surface area contributed by atoms with Crippen molar-refractivity contribution in [2.75, 3.05) is 17.2 Å². The predicted molar refractivity (Wildman–Crippen MR) is 139 cm³/mol. The lowest BCUT2D eigenvalue weighted by molar-refractivity contribution is 0.101. The van der Waals surface area contributed by atoms with E-state index in [0.29, 0.717) is 29.2 Å². The van der Waals surface area contributed by atoms with Crippen molar-refractivity contribution < 1.29 is 14.3 Å². The Hall–Kier alpha value is -3.74. The number of nitrogens with one attached hydrogen (secondary N) is 2. The topological polar surface area (TPSA) is 93.2 Å². The molecule has 2 amide bonds. The summed E-state index contributed by atoms with van der Waals surface area (Å²) in [4.78, 5) is 33.7. The van der Waals surface area contributed by atoms with Gasteiger partial charge in [-0.25, -0.2) is 4.98 Å². The van der Waals surface area contributed by atoms with E-state index in [0.717, 1.165) is 17.7 Å². The Morgan fingerprint density at radius 3 is 2.06 bits per heavy atom. The summed E-state index contributed by atoms with van der Waals surface area (Å²) >= 11 is 0. The normalized spacial score (nSPS) is 10.6. The van der Waals surface area contributed by atoms with Crippen LogP contribution in [0.5, 0.6) is 5.75 Å². The molecule has 0 aliphatic carbocycles. The van der Waals surface area contributed by atoms with Crippen LogP contribution in [0.1, 0.15) is 77.4 Å². The van der Waals surface area contributed by atoms with Crippen LogP contribution < -0.4 is 15.4 Å². The van der Waals surface area contributed by atoms with Crippen molar-refractivity contribution in [1.29, 1.82) is 0 Å². The molecule has 7 heteroatoms. The van der Waals surface area contributed by atoms with E-state index in [4.69, 9.17) is 4.74 Å². The number of hydrogen-bond donors (Lipinski definition) is 2. The van der Waals surface area contributed by atoms with Gasteiger partial charge in [0.2, 0.25) is 5.95 Å². The fourth-order valence-corrected chi connectivity index (χ4v) is 3.53. The number of aromatic nitrogens is 2. The summed E-state index contributed by atoms with van der Waals surface area (Å²) in [6.45, 7) is 6.62. The van der Waals surface area contributed by atoms with Crippen molar-refractivity contribution in [3.63, 3.8) is 0 Å². The van der Waals surface area contributed by atoms with Crippen molar-refractivity contribution in [3.8, 4) is 5.75 Å². The lowest BCUT2D eigenvalue weighted by atomic mass is 10.1. The van der Waals surface area contributed by atoms with Crippen LogP contribution in [0.2, 0.25) is 0 Å². The third-order valence-electron chi connectivity index (χ3n) is 5.52. The Kier molecular flexibility index (Phi) is 9.78. The standard InChI is InChI=1S/C28H34N4O3/c1-4-5-6-7-8-9-18-35-24-16-14-23(15-17-24)27(34)32-28-29-21(3)19-25(31-28)30-26(33)22-12-10-20(2)11-13-22/h10-17,19H,4-9,18H2,1-3H3,(H2,29,30,31,32,33,34). The highest BCUT2D eigenvalue weighted by molar-refractivity contribution is 6.05. The highest BCUT2D eigenvalue weighted by atomic mass is 16.5. The average Bonchev–Trinajstić information content (AvgIpc) is 2.84. The highest BCUT2D eigenvalue weighted by Gasteiger charge is 2.12. The van der Waals surface area contributed by atoms with Gasteiger partial charge in [-0.2, -0.15) is 4.98 Å². The fourth-order valence-electron chi connectivity index (χ4n) is 3.53. The number of carbonyl (C=O) groups excluding carboxylic acids is 2. The third-order valence-corrected chi connectivity index (χ3v) is 5.52. The molecule has 3 rings (SSSR count). The molecule has 2 aromatic carbocycles. The largest absolute Gasteiger partial charge is 0.494 e. The molecule has 1 heterocycles. The Labute approximate surface area is 207 Å². The van der Waals surface area contributed by atoms with Crippen LogP contribution in [0.15, 0.2) is 54.6 Å². The van der Waals surface area contributed by atoms with E-state index >= 15 is 0 Å². The lowest BCUT2D eigenvalue weighted by Gasteiger charge is -2.10. The van der Waals surface area contributed by atoms with Crippen LogP contribution >= 0.6 is 0 Å². The van der Waals surface area contributed by atoms with Crippen molar-refractivity contribution in [1.82, 2.24) is 9.97 Å². The minimum atomic E-state index is -0.339. The van der Waals surface area contributed by atoms with Crippen LogP contribution in [0.4, 0.5) is 11.8 Å².